The van der Waals surface area contributed by atoms with Gasteiger partial charge in [0.05, 0.1) is 0 Å². The van der Waals surface area contributed by atoms with Crippen LogP contribution in [0.25, 0.3) is 0 Å². The summed E-state index contributed by atoms with van der Waals surface area (Å²) in [5, 5.41) is 4.05. The van der Waals surface area contributed by atoms with Crippen molar-refractivity contribution in [3.05, 3.63) is 10.0 Å². The van der Waals surface area contributed by atoms with Crippen LogP contribution in [0.2, 0.25) is 4.34 Å². The van der Waals surface area contributed by atoms with Crippen LogP contribution in [0.1, 0.15) is 31.9 Å². The van der Waals surface area contributed by atoms with Crippen molar-refractivity contribution in [2.24, 2.45) is 5.92 Å². The Balaban J connectivity index is 1.85. The fourth-order valence-electron chi connectivity index (χ4n) is 2.20. The van der Waals surface area contributed by atoms with Crippen molar-refractivity contribution in [2.45, 2.75) is 32.7 Å². The highest BCUT2D eigenvalue weighted by Crippen LogP contribution is 2.25. The van der Waals surface area contributed by atoms with Gasteiger partial charge in [-0.3, -0.25) is 4.90 Å². The molecule has 0 aliphatic carbocycles. The fourth-order valence-corrected chi connectivity index (χ4v) is 2.82. The zero-order valence-electron chi connectivity index (χ0n) is 8.95. The van der Waals surface area contributed by atoms with Crippen LogP contribution in [0.15, 0.2) is 0 Å². The van der Waals surface area contributed by atoms with Crippen molar-refractivity contribution in [3.63, 3.8) is 0 Å². The van der Waals surface area contributed by atoms with Crippen LogP contribution >= 0.6 is 23.1 Å². The first-order valence-corrected chi connectivity index (χ1v) is 6.63. The summed E-state index contributed by atoms with van der Waals surface area (Å²) < 4.78 is 4.60. The molecule has 0 aromatic carbocycles. The second-order valence-corrected chi connectivity index (χ2v) is 5.53. The summed E-state index contributed by atoms with van der Waals surface area (Å²) >= 11 is 7.26. The molecule has 1 aromatic rings. The maximum atomic E-state index is 5.98. The first-order chi connectivity index (χ1) is 7.29. The second kappa shape index (κ2) is 5.23. The SMILES string of the molecule is CCCC1CCN(Cc2nnsc2Cl)C1. The topological polar surface area (TPSA) is 29.0 Å². The van der Waals surface area contributed by atoms with E-state index in [9.17, 15) is 0 Å². The summed E-state index contributed by atoms with van der Waals surface area (Å²) in [6.45, 7) is 5.50. The first kappa shape index (κ1) is 11.3. The summed E-state index contributed by atoms with van der Waals surface area (Å²) in [6.07, 6.45) is 3.96. The number of rotatable bonds is 4. The third kappa shape index (κ3) is 2.89. The van der Waals surface area contributed by atoms with E-state index in [2.05, 4.69) is 21.4 Å². The lowest BCUT2D eigenvalue weighted by molar-refractivity contribution is 0.309. The van der Waals surface area contributed by atoms with Crippen LogP contribution < -0.4 is 0 Å². The lowest BCUT2D eigenvalue weighted by Gasteiger charge is -2.13. The van der Waals surface area contributed by atoms with Crippen molar-refractivity contribution in [1.29, 1.82) is 0 Å². The van der Waals surface area contributed by atoms with Gasteiger partial charge in [-0.05, 0) is 25.3 Å². The minimum Gasteiger partial charge on any atom is -0.297 e. The number of hydrogen-bond donors (Lipinski definition) is 0. The van der Waals surface area contributed by atoms with Gasteiger partial charge in [0.15, 0.2) is 0 Å². The molecule has 1 aliphatic heterocycles. The largest absolute Gasteiger partial charge is 0.297 e. The molecule has 0 bridgehead atoms. The molecule has 2 rings (SSSR count). The quantitative estimate of drug-likeness (QED) is 0.817. The van der Waals surface area contributed by atoms with Crippen molar-refractivity contribution < 1.29 is 0 Å². The minimum atomic E-state index is 0.744. The van der Waals surface area contributed by atoms with E-state index in [1.165, 1.54) is 43.9 Å². The zero-order chi connectivity index (χ0) is 10.7. The molecule has 1 unspecified atom stereocenters. The fraction of sp³-hybridized carbons (Fsp3) is 0.800. The number of hydrogen-bond acceptors (Lipinski definition) is 4. The molecule has 5 heteroatoms. The Hall–Kier alpha value is -0.190. The standard InChI is InChI=1S/C10H16ClN3S/c1-2-3-8-4-5-14(6-8)7-9-10(11)15-13-12-9/h8H,2-7H2,1H3. The Labute approximate surface area is 99.6 Å². The maximum absolute atomic E-state index is 5.98. The van der Waals surface area contributed by atoms with Gasteiger partial charge in [0.1, 0.15) is 10.0 Å². The van der Waals surface area contributed by atoms with Gasteiger partial charge in [-0.2, -0.15) is 0 Å². The van der Waals surface area contributed by atoms with E-state index in [0.717, 1.165) is 22.5 Å². The number of aromatic nitrogens is 2. The third-order valence-corrected chi connectivity index (χ3v) is 3.93. The van der Waals surface area contributed by atoms with E-state index in [-0.39, 0.29) is 0 Å². The molecule has 1 aromatic heterocycles. The molecular formula is C10H16ClN3S. The molecule has 84 valence electrons. The molecular weight excluding hydrogens is 230 g/mol. The number of halogens is 1. The minimum absolute atomic E-state index is 0.744. The summed E-state index contributed by atoms with van der Waals surface area (Å²) in [5.74, 6) is 0.875. The van der Waals surface area contributed by atoms with E-state index in [1.54, 1.807) is 0 Å². The van der Waals surface area contributed by atoms with Crippen molar-refractivity contribution >= 4 is 23.1 Å². The molecule has 1 saturated heterocycles. The Morgan fingerprint density at radius 3 is 3.13 bits per heavy atom. The Morgan fingerprint density at radius 1 is 1.60 bits per heavy atom. The zero-order valence-corrected chi connectivity index (χ0v) is 10.5. The van der Waals surface area contributed by atoms with Gasteiger partial charge in [-0.15, -0.1) is 5.10 Å². The third-order valence-electron chi connectivity index (χ3n) is 2.95. The predicted octanol–water partition coefficient (Wildman–Crippen LogP) is 2.81. The van der Waals surface area contributed by atoms with Crippen LogP contribution in [0.3, 0.4) is 0 Å². The molecule has 2 heterocycles. The Morgan fingerprint density at radius 2 is 2.47 bits per heavy atom. The lowest BCUT2D eigenvalue weighted by atomic mass is 10.0. The summed E-state index contributed by atoms with van der Waals surface area (Å²) in [4.78, 5) is 2.43. The van der Waals surface area contributed by atoms with Gasteiger partial charge < -0.3 is 0 Å². The molecule has 15 heavy (non-hydrogen) atoms. The van der Waals surface area contributed by atoms with Gasteiger partial charge in [0.25, 0.3) is 0 Å². The van der Waals surface area contributed by atoms with Crippen LogP contribution in [0, 0.1) is 5.92 Å². The van der Waals surface area contributed by atoms with Gasteiger partial charge in [-0.1, -0.05) is 29.4 Å². The molecule has 0 spiro atoms. The predicted molar refractivity (Wildman–Crippen MR) is 63.2 cm³/mol. The number of nitrogens with zero attached hydrogens (tertiary/aromatic N) is 3. The van der Waals surface area contributed by atoms with Crippen molar-refractivity contribution in [1.82, 2.24) is 14.5 Å². The van der Waals surface area contributed by atoms with Crippen LogP contribution in [0.5, 0.6) is 0 Å². The van der Waals surface area contributed by atoms with Crippen molar-refractivity contribution in [2.75, 3.05) is 13.1 Å². The van der Waals surface area contributed by atoms with Gasteiger partial charge in [0, 0.05) is 24.6 Å². The highest BCUT2D eigenvalue weighted by atomic mass is 35.5. The summed E-state index contributed by atoms with van der Waals surface area (Å²) in [5.41, 5.74) is 0.943. The molecule has 0 amide bonds. The highest BCUT2D eigenvalue weighted by Gasteiger charge is 2.22. The van der Waals surface area contributed by atoms with Crippen LogP contribution in [-0.2, 0) is 6.54 Å². The van der Waals surface area contributed by atoms with Crippen molar-refractivity contribution in [3.8, 4) is 0 Å². The normalized spacial score (nSPS) is 22.4. The average molecular weight is 246 g/mol. The number of likely N-dealkylation sites (tertiary alicyclic amines) is 1. The van der Waals surface area contributed by atoms with E-state index in [1.807, 2.05) is 0 Å². The average Bonchev–Trinajstić information content (AvgIpc) is 2.79. The van der Waals surface area contributed by atoms with E-state index < -0.39 is 0 Å². The van der Waals surface area contributed by atoms with E-state index in [0.29, 0.717) is 0 Å². The first-order valence-electron chi connectivity index (χ1n) is 5.48. The molecule has 0 radical (unpaired) electrons. The van der Waals surface area contributed by atoms with E-state index >= 15 is 0 Å². The van der Waals surface area contributed by atoms with Crippen LogP contribution in [-0.4, -0.2) is 27.6 Å². The lowest BCUT2D eigenvalue weighted by Crippen LogP contribution is -2.20. The van der Waals surface area contributed by atoms with E-state index in [4.69, 9.17) is 11.6 Å². The molecule has 1 aliphatic rings. The molecule has 1 atom stereocenters. The van der Waals surface area contributed by atoms with Gasteiger partial charge in [0.2, 0.25) is 0 Å². The summed E-state index contributed by atoms with van der Waals surface area (Å²) in [6, 6.07) is 0. The second-order valence-electron chi connectivity index (χ2n) is 4.17. The highest BCUT2D eigenvalue weighted by molar-refractivity contribution is 7.10. The summed E-state index contributed by atoms with van der Waals surface area (Å²) in [7, 11) is 0. The molecule has 3 nitrogen and oxygen atoms in total. The Kier molecular flexibility index (Phi) is 3.94. The monoisotopic (exact) mass is 245 g/mol. The Bertz CT molecular complexity index is 315. The van der Waals surface area contributed by atoms with Gasteiger partial charge >= 0.3 is 0 Å². The molecule has 0 N–H and O–H groups in total. The van der Waals surface area contributed by atoms with Gasteiger partial charge in [-0.25, -0.2) is 0 Å². The molecule has 1 fully saturated rings. The smallest absolute Gasteiger partial charge is 0.138 e. The van der Waals surface area contributed by atoms with Crippen LogP contribution in [0.4, 0.5) is 0 Å². The maximum Gasteiger partial charge on any atom is 0.138 e. The molecule has 0 saturated carbocycles.